The largest absolute Gasteiger partial charge is 0.507 e. The molecule has 2 aliphatic heterocycles. The monoisotopic (exact) mass is 192 g/mol. The van der Waals surface area contributed by atoms with E-state index in [4.69, 9.17) is 4.74 Å². The zero-order valence-electron chi connectivity index (χ0n) is 7.03. The lowest BCUT2D eigenvalue weighted by molar-refractivity contribution is -0.0751. The van der Waals surface area contributed by atoms with Gasteiger partial charge in [-0.15, -0.1) is 11.5 Å². The average molecular weight is 192 g/mol. The first kappa shape index (κ1) is 9.08. The fourth-order valence-corrected chi connectivity index (χ4v) is 1.55. The second-order valence-corrected chi connectivity index (χ2v) is 3.63. The van der Waals surface area contributed by atoms with Gasteiger partial charge in [0.1, 0.15) is 0 Å². The average Bonchev–Trinajstić information content (AvgIpc) is 2.00. The van der Waals surface area contributed by atoms with Gasteiger partial charge in [-0.2, -0.15) is 0 Å². The molecule has 74 valence electrons. The van der Waals surface area contributed by atoms with Crippen molar-refractivity contribution in [2.45, 2.75) is 12.0 Å². The van der Waals surface area contributed by atoms with E-state index in [9.17, 15) is 12.9 Å². The van der Waals surface area contributed by atoms with Gasteiger partial charge in [-0.05, 0) is 6.42 Å². The van der Waals surface area contributed by atoms with Crippen molar-refractivity contribution < 1.29 is 17.7 Å². The minimum Gasteiger partial charge on any atom is -0.445 e. The summed E-state index contributed by atoms with van der Waals surface area (Å²) >= 11 is 0. The highest BCUT2D eigenvalue weighted by molar-refractivity contribution is 6.66. The Morgan fingerprint density at radius 3 is 2.38 bits per heavy atom. The molecule has 0 aromatic heterocycles. The number of nitrogens with one attached hydrogen (secondary N) is 1. The first-order valence-corrected chi connectivity index (χ1v) is 4.25. The van der Waals surface area contributed by atoms with Crippen molar-refractivity contribution in [2.75, 3.05) is 19.7 Å². The Labute approximate surface area is 74.2 Å². The number of hydrogen-bond donors (Lipinski definition) is 1. The molecule has 0 amide bonds. The number of rotatable bonds is 1. The van der Waals surface area contributed by atoms with Crippen LogP contribution in [0.3, 0.4) is 0 Å². The molecule has 0 bridgehead atoms. The van der Waals surface area contributed by atoms with Gasteiger partial charge in [0.05, 0.1) is 5.60 Å². The van der Waals surface area contributed by atoms with Crippen LogP contribution in [0.4, 0.5) is 12.9 Å². The van der Waals surface area contributed by atoms with Crippen LogP contribution < -0.4 is 5.32 Å². The molecule has 1 saturated heterocycles. The Morgan fingerprint density at radius 2 is 2.08 bits per heavy atom. The normalized spacial score (nSPS) is 26.8. The molecule has 1 fully saturated rings. The third kappa shape index (κ3) is 1.60. The molecule has 0 aromatic carbocycles. The van der Waals surface area contributed by atoms with E-state index in [-0.39, 0.29) is 12.2 Å². The minimum absolute atomic E-state index is 0.273. The van der Waals surface area contributed by atoms with Gasteiger partial charge < -0.3 is 23.0 Å². The molecule has 1 N–H and O–H groups in total. The smallest absolute Gasteiger partial charge is 0.445 e. The van der Waals surface area contributed by atoms with Crippen LogP contribution in [-0.2, 0) is 4.74 Å². The van der Waals surface area contributed by atoms with Gasteiger partial charge in [0.15, 0.2) is 0 Å². The van der Waals surface area contributed by atoms with Gasteiger partial charge in [0.25, 0.3) is 0 Å². The number of halogens is 3. The number of hydrogen-bond acceptors (Lipinski definition) is 2. The summed E-state index contributed by atoms with van der Waals surface area (Å²) in [5.74, 6) is 0. The van der Waals surface area contributed by atoms with Crippen molar-refractivity contribution in [3.8, 4) is 0 Å². The van der Waals surface area contributed by atoms with Gasteiger partial charge >= 0.3 is 6.98 Å². The maximum Gasteiger partial charge on any atom is 0.507 e. The molecule has 0 atom stereocenters. The lowest BCUT2D eigenvalue weighted by Crippen LogP contribution is -2.62. The molecular weight excluding hydrogens is 182 g/mol. The summed E-state index contributed by atoms with van der Waals surface area (Å²) in [5, 5.41) is 2.99. The molecule has 0 aromatic rings. The Balaban J connectivity index is 2.04. The van der Waals surface area contributed by atoms with Crippen LogP contribution in [0, 0.1) is 0 Å². The second kappa shape index (κ2) is 2.75. The molecule has 6 heteroatoms. The second-order valence-electron chi connectivity index (χ2n) is 3.63. The summed E-state index contributed by atoms with van der Waals surface area (Å²) in [6.45, 7) is -3.78. The van der Waals surface area contributed by atoms with Crippen LogP contribution in [0.25, 0.3) is 0 Å². The van der Waals surface area contributed by atoms with E-state index in [1.54, 1.807) is 0 Å². The first-order chi connectivity index (χ1) is 6.02. The van der Waals surface area contributed by atoms with Gasteiger partial charge in [-0.1, -0.05) is 0 Å². The van der Waals surface area contributed by atoms with Gasteiger partial charge in [-0.25, -0.2) is 0 Å². The molecule has 0 saturated carbocycles. The zero-order valence-corrected chi connectivity index (χ0v) is 7.03. The Bertz CT molecular complexity index is 247. The lowest BCUT2D eigenvalue weighted by Gasteiger charge is -2.45. The quantitative estimate of drug-likeness (QED) is 0.627. The van der Waals surface area contributed by atoms with Crippen LogP contribution >= 0.6 is 0 Å². The van der Waals surface area contributed by atoms with E-state index in [0.29, 0.717) is 19.5 Å². The third-order valence-corrected chi connectivity index (χ3v) is 2.60. The number of ether oxygens (including phenoxy) is 1. The third-order valence-electron chi connectivity index (χ3n) is 2.60. The van der Waals surface area contributed by atoms with Crippen molar-refractivity contribution in [1.29, 1.82) is 0 Å². The maximum absolute atomic E-state index is 12.2. The predicted molar refractivity (Wildman–Crippen MR) is 43.3 cm³/mol. The summed E-state index contributed by atoms with van der Waals surface area (Å²) in [4.78, 5) is 0. The van der Waals surface area contributed by atoms with Crippen molar-refractivity contribution in [2.24, 2.45) is 0 Å². The van der Waals surface area contributed by atoms with Crippen LogP contribution in [0.5, 0.6) is 0 Å². The Hall–Kier alpha value is -0.485. The van der Waals surface area contributed by atoms with Crippen LogP contribution in [0.1, 0.15) is 6.42 Å². The Kier molecular flexibility index (Phi) is 1.92. The van der Waals surface area contributed by atoms with E-state index in [0.717, 1.165) is 0 Å². The maximum atomic E-state index is 12.2. The Morgan fingerprint density at radius 1 is 1.38 bits per heavy atom. The van der Waals surface area contributed by atoms with Crippen LogP contribution in [0.15, 0.2) is 11.5 Å². The standard InChI is InChI=1S/C7H10BF3NO/c9-8(10,11)6-1-2-7(13-3-6)4-12-5-7/h1,12H,2-5H2/q-1. The zero-order chi connectivity index (χ0) is 9.53. The minimum atomic E-state index is -4.84. The molecule has 2 rings (SSSR count). The van der Waals surface area contributed by atoms with E-state index in [1.165, 1.54) is 6.08 Å². The highest BCUT2D eigenvalue weighted by atomic mass is 19.4. The van der Waals surface area contributed by atoms with Gasteiger partial charge in [0, 0.05) is 19.7 Å². The van der Waals surface area contributed by atoms with Crippen molar-refractivity contribution in [3.05, 3.63) is 11.5 Å². The topological polar surface area (TPSA) is 21.3 Å². The van der Waals surface area contributed by atoms with Gasteiger partial charge in [0.2, 0.25) is 0 Å². The molecule has 13 heavy (non-hydrogen) atoms. The van der Waals surface area contributed by atoms with Crippen molar-refractivity contribution in [3.63, 3.8) is 0 Å². The molecule has 2 aliphatic rings. The van der Waals surface area contributed by atoms with Crippen LogP contribution in [0.2, 0.25) is 0 Å². The lowest BCUT2D eigenvalue weighted by atomic mass is 9.75. The molecular formula is C7H10BF3NO-. The van der Waals surface area contributed by atoms with Crippen molar-refractivity contribution in [1.82, 2.24) is 5.32 Å². The highest BCUT2D eigenvalue weighted by Gasteiger charge is 2.41. The molecule has 0 radical (unpaired) electrons. The highest BCUT2D eigenvalue weighted by Crippen LogP contribution is 2.32. The SMILES string of the molecule is F[B-](F)(F)C1=CCC2(CNC2)OC1. The molecule has 2 nitrogen and oxygen atoms in total. The summed E-state index contributed by atoms with van der Waals surface area (Å²) < 4.78 is 41.8. The van der Waals surface area contributed by atoms with E-state index < -0.39 is 12.4 Å². The predicted octanol–water partition coefficient (Wildman–Crippen LogP) is 1.06. The fraction of sp³-hybridized carbons (Fsp3) is 0.714. The van der Waals surface area contributed by atoms with Gasteiger partial charge in [-0.3, -0.25) is 0 Å². The molecule has 0 unspecified atom stereocenters. The summed E-state index contributed by atoms with van der Waals surface area (Å²) in [6, 6.07) is 0. The summed E-state index contributed by atoms with van der Waals surface area (Å²) in [7, 11) is 0. The van der Waals surface area contributed by atoms with Crippen LogP contribution in [-0.4, -0.2) is 32.3 Å². The van der Waals surface area contributed by atoms with E-state index in [2.05, 4.69) is 5.32 Å². The first-order valence-electron chi connectivity index (χ1n) is 4.25. The van der Waals surface area contributed by atoms with E-state index in [1.807, 2.05) is 0 Å². The summed E-state index contributed by atoms with van der Waals surface area (Å²) in [5.41, 5.74) is -0.817. The van der Waals surface area contributed by atoms with E-state index >= 15 is 0 Å². The molecule has 0 aliphatic carbocycles. The molecule has 2 heterocycles. The fourth-order valence-electron chi connectivity index (χ4n) is 1.55. The molecule has 1 spiro atoms. The summed E-state index contributed by atoms with van der Waals surface area (Å²) in [6.07, 6.45) is 1.67. The van der Waals surface area contributed by atoms with Crippen molar-refractivity contribution >= 4 is 6.98 Å².